The minimum absolute atomic E-state index is 0.0819. The summed E-state index contributed by atoms with van der Waals surface area (Å²) in [7, 11) is -3.63. The second-order valence-corrected chi connectivity index (χ2v) is 10.5. The predicted octanol–water partition coefficient (Wildman–Crippen LogP) is 2.38. The maximum atomic E-state index is 12.9. The fourth-order valence-electron chi connectivity index (χ4n) is 4.41. The van der Waals surface area contributed by atoms with Gasteiger partial charge in [-0.2, -0.15) is 4.31 Å². The molecule has 1 aromatic carbocycles. The highest BCUT2D eigenvalue weighted by atomic mass is 32.2. The molecule has 1 aliphatic heterocycles. The summed E-state index contributed by atoms with van der Waals surface area (Å²) < 4.78 is 27.3. The fraction of sp³-hybridized carbons (Fsp3) is 0.636. The third-order valence-electron chi connectivity index (χ3n) is 6.26. The van der Waals surface area contributed by atoms with E-state index in [1.165, 1.54) is 36.2 Å². The average molecular weight is 436 g/mol. The Hall–Kier alpha value is -1.77. The largest absolute Gasteiger partial charge is 0.339 e. The molecule has 1 saturated heterocycles. The molecule has 2 aliphatic rings. The van der Waals surface area contributed by atoms with Crippen molar-refractivity contribution in [2.45, 2.75) is 63.4 Å². The summed E-state index contributed by atoms with van der Waals surface area (Å²) in [5, 5.41) is 0. The zero-order chi connectivity index (χ0) is 21.9. The molecule has 8 heteroatoms. The van der Waals surface area contributed by atoms with Crippen LogP contribution >= 0.6 is 0 Å². The molecule has 7 nitrogen and oxygen atoms in total. The van der Waals surface area contributed by atoms with E-state index < -0.39 is 10.0 Å². The lowest BCUT2D eigenvalue weighted by molar-refractivity contribution is -0.134. The first-order valence-electron chi connectivity index (χ1n) is 10.8. The minimum atomic E-state index is -3.63. The quantitative estimate of drug-likeness (QED) is 0.615. The molecule has 1 aliphatic carbocycles. The second kappa shape index (κ2) is 9.58. The highest BCUT2D eigenvalue weighted by molar-refractivity contribution is 7.89. The van der Waals surface area contributed by atoms with Crippen LogP contribution in [0.5, 0.6) is 0 Å². The van der Waals surface area contributed by atoms with Crippen LogP contribution in [0, 0.1) is 0 Å². The maximum Gasteiger partial charge on any atom is 0.243 e. The summed E-state index contributed by atoms with van der Waals surface area (Å²) in [6.45, 7) is 7.50. The summed E-state index contributed by atoms with van der Waals surface area (Å²) in [4.78, 5) is 28.6. The number of rotatable bonds is 7. The number of amides is 1. The minimum Gasteiger partial charge on any atom is -0.339 e. The Labute approximate surface area is 180 Å². The van der Waals surface area contributed by atoms with E-state index in [9.17, 15) is 18.0 Å². The number of piperazine rings is 1. The molecule has 0 unspecified atom stereocenters. The first-order chi connectivity index (χ1) is 14.2. The molecule has 166 valence electrons. The van der Waals surface area contributed by atoms with Crippen molar-refractivity contribution in [3.8, 4) is 0 Å². The van der Waals surface area contributed by atoms with E-state index in [0.29, 0.717) is 37.3 Å². The van der Waals surface area contributed by atoms with Crippen LogP contribution in [0.3, 0.4) is 0 Å². The number of carbonyl (C=O) groups is 2. The van der Waals surface area contributed by atoms with E-state index in [0.717, 1.165) is 12.8 Å². The van der Waals surface area contributed by atoms with Gasteiger partial charge in [0.1, 0.15) is 0 Å². The Kier molecular flexibility index (Phi) is 7.31. The molecule has 0 N–H and O–H groups in total. The lowest BCUT2D eigenvalue weighted by atomic mass is 10.1. The Bertz CT molecular complexity index is 853. The number of nitrogens with zero attached hydrogens (tertiary/aromatic N) is 3. The molecule has 0 atom stereocenters. The molecular weight excluding hydrogens is 402 g/mol. The second-order valence-electron chi connectivity index (χ2n) is 8.57. The Balaban J connectivity index is 1.59. The van der Waals surface area contributed by atoms with Crippen molar-refractivity contribution in [1.29, 1.82) is 0 Å². The first-order valence-corrected chi connectivity index (χ1v) is 12.3. The lowest BCUT2D eigenvalue weighted by Gasteiger charge is -2.37. The Morgan fingerprint density at radius 1 is 1.03 bits per heavy atom. The first kappa shape index (κ1) is 22.9. The normalized spacial score (nSPS) is 19.0. The van der Waals surface area contributed by atoms with Crippen LogP contribution in [0.15, 0.2) is 29.2 Å². The number of benzene rings is 1. The van der Waals surface area contributed by atoms with Gasteiger partial charge in [-0.05, 0) is 45.7 Å². The van der Waals surface area contributed by atoms with Crippen LogP contribution in [0.1, 0.15) is 56.8 Å². The molecule has 30 heavy (non-hydrogen) atoms. The third-order valence-corrected chi connectivity index (χ3v) is 8.18. The van der Waals surface area contributed by atoms with Gasteiger partial charge < -0.3 is 4.90 Å². The third kappa shape index (κ3) is 5.10. The van der Waals surface area contributed by atoms with Crippen LogP contribution < -0.4 is 0 Å². The molecule has 1 amide bonds. The van der Waals surface area contributed by atoms with Crippen molar-refractivity contribution >= 4 is 21.7 Å². The monoisotopic (exact) mass is 435 g/mol. The zero-order valence-electron chi connectivity index (χ0n) is 18.2. The summed E-state index contributed by atoms with van der Waals surface area (Å²) >= 11 is 0. The Morgan fingerprint density at radius 2 is 1.60 bits per heavy atom. The highest BCUT2D eigenvalue weighted by Gasteiger charge is 2.32. The molecule has 1 aromatic rings. The number of sulfonamides is 1. The van der Waals surface area contributed by atoms with Crippen molar-refractivity contribution in [3.63, 3.8) is 0 Å². The van der Waals surface area contributed by atoms with E-state index >= 15 is 0 Å². The number of hydrogen-bond acceptors (Lipinski definition) is 5. The molecule has 0 radical (unpaired) electrons. The molecule has 1 heterocycles. The molecule has 1 saturated carbocycles. The lowest BCUT2D eigenvalue weighted by Crippen LogP contribution is -2.54. The Morgan fingerprint density at radius 3 is 2.10 bits per heavy atom. The van der Waals surface area contributed by atoms with E-state index in [-0.39, 0.29) is 29.7 Å². The molecule has 2 fully saturated rings. The summed E-state index contributed by atoms with van der Waals surface area (Å²) in [6, 6.07) is 6.83. The maximum absolute atomic E-state index is 12.9. The summed E-state index contributed by atoms with van der Waals surface area (Å²) in [6.07, 6.45) is 4.76. The van der Waals surface area contributed by atoms with Crippen LogP contribution in [0.4, 0.5) is 0 Å². The van der Waals surface area contributed by atoms with Crippen molar-refractivity contribution < 1.29 is 18.0 Å². The predicted molar refractivity (Wildman–Crippen MR) is 116 cm³/mol. The number of Topliss-reactive ketones (excluding diaryl/α,β-unsaturated/α-hetero) is 1. The molecule has 0 bridgehead atoms. The van der Waals surface area contributed by atoms with Gasteiger partial charge in [-0.1, -0.05) is 25.0 Å². The van der Waals surface area contributed by atoms with Gasteiger partial charge in [0.25, 0.3) is 0 Å². The number of hydrogen-bond donors (Lipinski definition) is 0. The molecule has 0 aromatic heterocycles. The van der Waals surface area contributed by atoms with Crippen molar-refractivity contribution in [2.24, 2.45) is 0 Å². The molecular formula is C22H33N3O4S. The molecule has 3 rings (SSSR count). The van der Waals surface area contributed by atoms with Gasteiger partial charge in [-0.15, -0.1) is 0 Å². The van der Waals surface area contributed by atoms with E-state index in [1.54, 1.807) is 17.0 Å². The van der Waals surface area contributed by atoms with E-state index in [4.69, 9.17) is 0 Å². The van der Waals surface area contributed by atoms with E-state index in [2.05, 4.69) is 18.7 Å². The summed E-state index contributed by atoms with van der Waals surface area (Å²) in [5.41, 5.74) is 0.487. The van der Waals surface area contributed by atoms with Gasteiger partial charge in [0.2, 0.25) is 15.9 Å². The van der Waals surface area contributed by atoms with Crippen LogP contribution in [-0.4, -0.2) is 79.0 Å². The van der Waals surface area contributed by atoms with Crippen molar-refractivity contribution in [2.75, 3.05) is 32.7 Å². The SMILES string of the molecule is CC(=O)c1ccc(S(=O)(=O)N2CCN(C(=O)CN(C(C)C)C3CCCC3)CC2)cc1. The van der Waals surface area contributed by atoms with Gasteiger partial charge in [0, 0.05) is 43.8 Å². The highest BCUT2D eigenvalue weighted by Crippen LogP contribution is 2.25. The van der Waals surface area contributed by atoms with Crippen molar-refractivity contribution in [1.82, 2.24) is 14.1 Å². The topological polar surface area (TPSA) is 78.0 Å². The average Bonchev–Trinajstić information content (AvgIpc) is 3.26. The number of ketones is 1. The smallest absolute Gasteiger partial charge is 0.243 e. The van der Waals surface area contributed by atoms with Gasteiger partial charge in [0.15, 0.2) is 5.78 Å². The standard InChI is InChI=1S/C22H33N3O4S/c1-17(2)25(20-6-4-5-7-20)16-22(27)23-12-14-24(15-13-23)30(28,29)21-10-8-19(9-11-21)18(3)26/h8-11,17,20H,4-7,12-16H2,1-3H3. The van der Waals surface area contributed by atoms with Crippen molar-refractivity contribution in [3.05, 3.63) is 29.8 Å². The van der Waals surface area contributed by atoms with Gasteiger partial charge in [0.05, 0.1) is 11.4 Å². The summed E-state index contributed by atoms with van der Waals surface area (Å²) in [5.74, 6) is -0.0161. The van der Waals surface area contributed by atoms with Gasteiger partial charge in [-0.3, -0.25) is 14.5 Å². The van der Waals surface area contributed by atoms with E-state index in [1.807, 2.05) is 0 Å². The van der Waals surface area contributed by atoms with Crippen LogP contribution in [-0.2, 0) is 14.8 Å². The van der Waals surface area contributed by atoms with Gasteiger partial charge in [-0.25, -0.2) is 8.42 Å². The number of carbonyl (C=O) groups excluding carboxylic acids is 2. The van der Waals surface area contributed by atoms with Crippen LogP contribution in [0.2, 0.25) is 0 Å². The zero-order valence-corrected chi connectivity index (χ0v) is 19.0. The van der Waals surface area contributed by atoms with Crippen LogP contribution in [0.25, 0.3) is 0 Å². The molecule has 0 spiro atoms. The van der Waals surface area contributed by atoms with Gasteiger partial charge >= 0.3 is 0 Å². The fourth-order valence-corrected chi connectivity index (χ4v) is 5.84.